The molecule has 4 nitrogen and oxygen atoms in total. The highest BCUT2D eigenvalue weighted by molar-refractivity contribution is 5.88. The zero-order valence-electron chi connectivity index (χ0n) is 8.12. The average molecular weight is 184 g/mol. The summed E-state index contributed by atoms with van der Waals surface area (Å²) >= 11 is 0. The molecule has 1 saturated heterocycles. The van der Waals surface area contributed by atoms with Gasteiger partial charge in [-0.3, -0.25) is 9.59 Å². The van der Waals surface area contributed by atoms with Gasteiger partial charge in [-0.1, -0.05) is 13.8 Å². The van der Waals surface area contributed by atoms with Crippen molar-refractivity contribution in [1.29, 1.82) is 0 Å². The lowest BCUT2D eigenvalue weighted by molar-refractivity contribution is -0.128. The zero-order valence-corrected chi connectivity index (χ0v) is 8.12. The van der Waals surface area contributed by atoms with Gasteiger partial charge in [-0.25, -0.2) is 0 Å². The summed E-state index contributed by atoms with van der Waals surface area (Å²) < 4.78 is 0. The molecule has 1 aliphatic rings. The Hall–Kier alpha value is -1.06. The van der Waals surface area contributed by atoms with Crippen LogP contribution in [0.25, 0.3) is 0 Å². The smallest absolute Gasteiger partial charge is 0.223 e. The van der Waals surface area contributed by atoms with Crippen LogP contribution in [0.3, 0.4) is 0 Å². The Balaban J connectivity index is 2.51. The molecule has 0 bridgehead atoms. The second-order valence-electron chi connectivity index (χ2n) is 4.00. The highest BCUT2D eigenvalue weighted by Gasteiger charge is 2.32. The molecule has 1 atom stereocenters. The first kappa shape index (κ1) is 10.0. The Bertz CT molecular complexity index is 226. The number of amides is 2. The molecule has 1 aliphatic heterocycles. The van der Waals surface area contributed by atoms with Crippen molar-refractivity contribution in [3.05, 3.63) is 0 Å². The standard InChI is InChI=1S/C9H16N2O2/c1-6(2)4-11-5-7(9(10)13)3-8(11)12/h6-7H,3-5H2,1-2H3,(H2,10,13)/t7-/m0/s1. The number of carbonyl (C=O) groups excluding carboxylic acids is 2. The van der Waals surface area contributed by atoms with Crippen molar-refractivity contribution in [3.8, 4) is 0 Å². The molecule has 74 valence electrons. The minimum absolute atomic E-state index is 0.0532. The van der Waals surface area contributed by atoms with E-state index in [0.717, 1.165) is 6.54 Å². The lowest BCUT2D eigenvalue weighted by Gasteiger charge is -2.18. The van der Waals surface area contributed by atoms with E-state index in [2.05, 4.69) is 0 Å². The summed E-state index contributed by atoms with van der Waals surface area (Å²) in [6.07, 6.45) is 0.294. The topological polar surface area (TPSA) is 63.4 Å². The Kier molecular flexibility index (Phi) is 2.90. The van der Waals surface area contributed by atoms with Crippen LogP contribution in [0.4, 0.5) is 0 Å². The zero-order chi connectivity index (χ0) is 10.0. The second-order valence-corrected chi connectivity index (χ2v) is 4.00. The predicted octanol–water partition coefficient (Wildman–Crippen LogP) is -0.0238. The minimum atomic E-state index is -0.361. The van der Waals surface area contributed by atoms with E-state index in [-0.39, 0.29) is 17.7 Å². The number of primary amides is 1. The number of likely N-dealkylation sites (tertiary alicyclic amines) is 1. The van der Waals surface area contributed by atoms with Crippen molar-refractivity contribution < 1.29 is 9.59 Å². The SMILES string of the molecule is CC(C)CN1C[C@@H](C(N)=O)CC1=O. The average Bonchev–Trinajstić information content (AvgIpc) is 2.31. The van der Waals surface area contributed by atoms with E-state index in [1.807, 2.05) is 13.8 Å². The van der Waals surface area contributed by atoms with Gasteiger partial charge in [0.2, 0.25) is 11.8 Å². The van der Waals surface area contributed by atoms with E-state index in [9.17, 15) is 9.59 Å². The molecular weight excluding hydrogens is 168 g/mol. The highest BCUT2D eigenvalue weighted by atomic mass is 16.2. The van der Waals surface area contributed by atoms with E-state index < -0.39 is 0 Å². The summed E-state index contributed by atoms with van der Waals surface area (Å²) in [5.41, 5.74) is 5.14. The third-order valence-corrected chi connectivity index (χ3v) is 2.20. The van der Waals surface area contributed by atoms with Crippen LogP contribution in [-0.4, -0.2) is 29.8 Å². The number of nitrogens with zero attached hydrogens (tertiary/aromatic N) is 1. The maximum Gasteiger partial charge on any atom is 0.223 e. The third kappa shape index (κ3) is 2.44. The summed E-state index contributed by atoms with van der Waals surface area (Å²) in [5, 5.41) is 0. The number of carbonyl (C=O) groups is 2. The molecule has 1 rings (SSSR count). The fourth-order valence-corrected chi connectivity index (χ4v) is 1.58. The molecule has 0 aromatic carbocycles. The van der Waals surface area contributed by atoms with Gasteiger partial charge in [-0.15, -0.1) is 0 Å². The quantitative estimate of drug-likeness (QED) is 0.669. The van der Waals surface area contributed by atoms with Crippen molar-refractivity contribution in [2.75, 3.05) is 13.1 Å². The van der Waals surface area contributed by atoms with Crippen molar-refractivity contribution in [3.63, 3.8) is 0 Å². The third-order valence-electron chi connectivity index (χ3n) is 2.20. The molecule has 0 spiro atoms. The van der Waals surface area contributed by atoms with Crippen LogP contribution >= 0.6 is 0 Å². The van der Waals surface area contributed by atoms with Crippen molar-refractivity contribution >= 4 is 11.8 Å². The van der Waals surface area contributed by atoms with Gasteiger partial charge >= 0.3 is 0 Å². The Labute approximate surface area is 78.1 Å². The van der Waals surface area contributed by atoms with E-state index in [0.29, 0.717) is 18.9 Å². The van der Waals surface area contributed by atoms with E-state index in [1.54, 1.807) is 4.90 Å². The van der Waals surface area contributed by atoms with Gasteiger partial charge in [-0.05, 0) is 5.92 Å². The van der Waals surface area contributed by atoms with Crippen molar-refractivity contribution in [2.24, 2.45) is 17.6 Å². The number of hydrogen-bond donors (Lipinski definition) is 1. The summed E-state index contributed by atoms with van der Waals surface area (Å²) in [4.78, 5) is 23.9. The molecule has 1 fully saturated rings. The van der Waals surface area contributed by atoms with Gasteiger partial charge in [0.25, 0.3) is 0 Å². The highest BCUT2D eigenvalue weighted by Crippen LogP contribution is 2.18. The second kappa shape index (κ2) is 3.77. The van der Waals surface area contributed by atoms with Crippen LogP contribution in [0.15, 0.2) is 0 Å². The molecule has 1 heterocycles. The number of nitrogens with two attached hydrogens (primary N) is 1. The fourth-order valence-electron chi connectivity index (χ4n) is 1.58. The molecule has 0 saturated carbocycles. The largest absolute Gasteiger partial charge is 0.369 e. The van der Waals surface area contributed by atoms with Gasteiger partial charge in [0.05, 0.1) is 5.92 Å². The molecule has 2 N–H and O–H groups in total. The van der Waals surface area contributed by atoms with Gasteiger partial charge in [0.15, 0.2) is 0 Å². The fraction of sp³-hybridized carbons (Fsp3) is 0.778. The Morgan fingerprint density at radius 3 is 2.69 bits per heavy atom. The van der Waals surface area contributed by atoms with Crippen LogP contribution in [0.5, 0.6) is 0 Å². The monoisotopic (exact) mass is 184 g/mol. The van der Waals surface area contributed by atoms with Gasteiger partial charge in [0.1, 0.15) is 0 Å². The van der Waals surface area contributed by atoms with Crippen molar-refractivity contribution in [1.82, 2.24) is 4.90 Å². The molecule has 2 amide bonds. The molecule has 0 unspecified atom stereocenters. The maximum atomic E-state index is 11.3. The van der Waals surface area contributed by atoms with Crippen LogP contribution in [0.1, 0.15) is 20.3 Å². The molecule has 0 aliphatic carbocycles. The summed E-state index contributed by atoms with van der Waals surface area (Å²) in [7, 11) is 0. The van der Waals surface area contributed by atoms with Gasteiger partial charge < -0.3 is 10.6 Å². The summed E-state index contributed by atoms with van der Waals surface area (Å²) in [6, 6.07) is 0. The van der Waals surface area contributed by atoms with Crippen LogP contribution in [-0.2, 0) is 9.59 Å². The summed E-state index contributed by atoms with van der Waals surface area (Å²) in [5.74, 6) is -0.140. The molecule has 4 heteroatoms. The number of rotatable bonds is 3. The first-order valence-electron chi connectivity index (χ1n) is 4.57. The lowest BCUT2D eigenvalue weighted by atomic mass is 10.1. The summed E-state index contributed by atoms with van der Waals surface area (Å²) in [6.45, 7) is 5.32. The maximum absolute atomic E-state index is 11.3. The molecule has 0 radical (unpaired) electrons. The van der Waals surface area contributed by atoms with Crippen LogP contribution in [0.2, 0.25) is 0 Å². The molecular formula is C9H16N2O2. The van der Waals surface area contributed by atoms with Crippen molar-refractivity contribution in [2.45, 2.75) is 20.3 Å². The van der Waals surface area contributed by atoms with E-state index >= 15 is 0 Å². The van der Waals surface area contributed by atoms with Gasteiger partial charge in [-0.2, -0.15) is 0 Å². The first-order valence-corrected chi connectivity index (χ1v) is 4.57. The molecule has 13 heavy (non-hydrogen) atoms. The van der Waals surface area contributed by atoms with Gasteiger partial charge in [0, 0.05) is 19.5 Å². The van der Waals surface area contributed by atoms with Crippen LogP contribution < -0.4 is 5.73 Å². The Morgan fingerprint density at radius 1 is 1.69 bits per heavy atom. The van der Waals surface area contributed by atoms with E-state index in [4.69, 9.17) is 5.73 Å². The Morgan fingerprint density at radius 2 is 2.31 bits per heavy atom. The molecule has 0 aromatic rings. The first-order chi connectivity index (χ1) is 6.00. The lowest BCUT2D eigenvalue weighted by Crippen LogP contribution is -2.31. The van der Waals surface area contributed by atoms with E-state index in [1.165, 1.54) is 0 Å². The minimum Gasteiger partial charge on any atom is -0.369 e. The van der Waals surface area contributed by atoms with Crippen LogP contribution in [0, 0.1) is 11.8 Å². The predicted molar refractivity (Wildman–Crippen MR) is 48.7 cm³/mol. The normalized spacial score (nSPS) is 22.8. The number of hydrogen-bond acceptors (Lipinski definition) is 2. The molecule has 0 aromatic heterocycles.